The molecule has 0 amide bonds. The molecule has 5 heteroatoms. The fourth-order valence-electron chi connectivity index (χ4n) is 1.40. The minimum absolute atomic E-state index is 0.306. The molecule has 1 aromatic carbocycles. The van der Waals surface area contributed by atoms with Crippen LogP contribution in [0, 0.1) is 12.7 Å². The quantitative estimate of drug-likeness (QED) is 0.802. The van der Waals surface area contributed by atoms with Crippen molar-refractivity contribution >= 4 is 0 Å². The summed E-state index contributed by atoms with van der Waals surface area (Å²) < 4.78 is 14.9. The van der Waals surface area contributed by atoms with E-state index in [9.17, 15) is 4.39 Å². The number of nitrogens with zero attached hydrogens (tertiary/aromatic N) is 3. The van der Waals surface area contributed by atoms with Crippen LogP contribution in [0.3, 0.4) is 0 Å². The van der Waals surface area contributed by atoms with Crippen molar-refractivity contribution in [3.63, 3.8) is 0 Å². The van der Waals surface area contributed by atoms with Gasteiger partial charge in [0.1, 0.15) is 11.5 Å². The van der Waals surface area contributed by atoms with Crippen molar-refractivity contribution in [1.82, 2.24) is 15.0 Å². The fourth-order valence-corrected chi connectivity index (χ4v) is 1.40. The molecule has 0 unspecified atom stereocenters. The van der Waals surface area contributed by atoms with Crippen LogP contribution >= 0.6 is 0 Å². The van der Waals surface area contributed by atoms with Gasteiger partial charge in [-0.2, -0.15) is 0 Å². The number of nitrogens with two attached hydrogens (primary N) is 1. The van der Waals surface area contributed by atoms with Gasteiger partial charge in [0.05, 0.1) is 11.4 Å². The highest BCUT2D eigenvalue weighted by Gasteiger charge is 2.11. The predicted molar refractivity (Wildman–Crippen MR) is 53.9 cm³/mol. The van der Waals surface area contributed by atoms with Gasteiger partial charge >= 0.3 is 0 Å². The minimum atomic E-state index is -0.325. The molecule has 2 rings (SSSR count). The second-order valence-electron chi connectivity index (χ2n) is 3.19. The lowest BCUT2D eigenvalue weighted by Gasteiger charge is -2.03. The van der Waals surface area contributed by atoms with Crippen LogP contribution in [0.2, 0.25) is 0 Å². The number of benzene rings is 1. The van der Waals surface area contributed by atoms with Crippen LogP contribution in [-0.4, -0.2) is 15.0 Å². The standard InChI is InChI=1S/C10H11FN4/c1-7-9(6-12)13-14-15(7)10-5-3-2-4-8(10)11/h2-5H,6,12H2,1H3. The van der Waals surface area contributed by atoms with Gasteiger partial charge in [0, 0.05) is 6.54 Å². The van der Waals surface area contributed by atoms with Gasteiger partial charge in [-0.3, -0.25) is 0 Å². The lowest BCUT2D eigenvalue weighted by molar-refractivity contribution is 0.604. The maximum atomic E-state index is 13.4. The first kappa shape index (κ1) is 9.79. The van der Waals surface area contributed by atoms with E-state index in [1.165, 1.54) is 10.7 Å². The summed E-state index contributed by atoms with van der Waals surface area (Å²) in [6.45, 7) is 2.12. The third-order valence-electron chi connectivity index (χ3n) is 2.26. The summed E-state index contributed by atoms with van der Waals surface area (Å²) in [4.78, 5) is 0. The average Bonchev–Trinajstić information content (AvgIpc) is 2.60. The second kappa shape index (κ2) is 3.78. The molecule has 15 heavy (non-hydrogen) atoms. The van der Waals surface area contributed by atoms with Crippen molar-refractivity contribution in [3.05, 3.63) is 41.5 Å². The van der Waals surface area contributed by atoms with E-state index >= 15 is 0 Å². The minimum Gasteiger partial charge on any atom is -0.325 e. The molecule has 78 valence electrons. The predicted octanol–water partition coefficient (Wildman–Crippen LogP) is 1.17. The van der Waals surface area contributed by atoms with E-state index < -0.39 is 0 Å². The highest BCUT2D eigenvalue weighted by Crippen LogP contribution is 2.14. The third kappa shape index (κ3) is 1.61. The normalized spacial score (nSPS) is 10.6. The Morgan fingerprint density at radius 2 is 2.13 bits per heavy atom. The summed E-state index contributed by atoms with van der Waals surface area (Å²) in [7, 11) is 0. The van der Waals surface area contributed by atoms with Crippen molar-refractivity contribution in [2.24, 2.45) is 5.73 Å². The van der Waals surface area contributed by atoms with E-state index in [-0.39, 0.29) is 5.82 Å². The first-order chi connectivity index (χ1) is 7.24. The van der Waals surface area contributed by atoms with E-state index in [1.807, 2.05) is 6.92 Å². The van der Waals surface area contributed by atoms with Gasteiger partial charge < -0.3 is 5.73 Å². The molecular formula is C10H11FN4. The molecule has 0 atom stereocenters. The van der Waals surface area contributed by atoms with Gasteiger partial charge in [-0.05, 0) is 19.1 Å². The van der Waals surface area contributed by atoms with Gasteiger partial charge in [-0.15, -0.1) is 5.10 Å². The van der Waals surface area contributed by atoms with E-state index in [4.69, 9.17) is 5.73 Å². The second-order valence-corrected chi connectivity index (χ2v) is 3.19. The molecule has 0 radical (unpaired) electrons. The number of halogens is 1. The van der Waals surface area contributed by atoms with Crippen molar-refractivity contribution in [3.8, 4) is 5.69 Å². The summed E-state index contributed by atoms with van der Waals surface area (Å²) in [5, 5.41) is 7.74. The summed E-state index contributed by atoms with van der Waals surface area (Å²) >= 11 is 0. The molecule has 2 N–H and O–H groups in total. The number of para-hydroxylation sites is 1. The zero-order valence-electron chi connectivity index (χ0n) is 8.31. The Bertz CT molecular complexity index is 478. The van der Waals surface area contributed by atoms with E-state index in [0.717, 1.165) is 5.69 Å². The summed E-state index contributed by atoms with van der Waals surface area (Å²) in [5.41, 5.74) is 7.31. The Morgan fingerprint density at radius 3 is 2.73 bits per heavy atom. The van der Waals surface area contributed by atoms with Crippen LogP contribution in [0.1, 0.15) is 11.4 Å². The van der Waals surface area contributed by atoms with Crippen LogP contribution < -0.4 is 5.73 Å². The summed E-state index contributed by atoms with van der Waals surface area (Å²) in [5.74, 6) is -0.325. The average molecular weight is 206 g/mol. The Hall–Kier alpha value is -1.75. The largest absolute Gasteiger partial charge is 0.325 e. The van der Waals surface area contributed by atoms with Gasteiger partial charge in [-0.1, -0.05) is 17.3 Å². The molecule has 0 aliphatic carbocycles. The molecule has 4 nitrogen and oxygen atoms in total. The molecule has 0 bridgehead atoms. The van der Waals surface area contributed by atoms with Gasteiger partial charge in [0.25, 0.3) is 0 Å². The molecule has 0 fully saturated rings. The molecular weight excluding hydrogens is 195 g/mol. The fraction of sp³-hybridized carbons (Fsp3) is 0.200. The number of hydrogen-bond donors (Lipinski definition) is 1. The molecule has 0 aliphatic rings. The lowest BCUT2D eigenvalue weighted by atomic mass is 10.3. The van der Waals surface area contributed by atoms with Crippen LogP contribution in [0.5, 0.6) is 0 Å². The molecule has 0 spiro atoms. The monoisotopic (exact) mass is 206 g/mol. The highest BCUT2D eigenvalue weighted by atomic mass is 19.1. The molecule has 1 heterocycles. The number of aromatic nitrogens is 3. The van der Waals surface area contributed by atoms with E-state index in [1.54, 1.807) is 18.2 Å². The Kier molecular flexibility index (Phi) is 2.47. The zero-order valence-corrected chi connectivity index (χ0v) is 8.31. The number of rotatable bonds is 2. The highest BCUT2D eigenvalue weighted by molar-refractivity contribution is 5.34. The third-order valence-corrected chi connectivity index (χ3v) is 2.26. The van der Waals surface area contributed by atoms with Gasteiger partial charge in [0.15, 0.2) is 0 Å². The van der Waals surface area contributed by atoms with Crippen molar-refractivity contribution in [2.45, 2.75) is 13.5 Å². The molecule has 0 saturated carbocycles. The van der Waals surface area contributed by atoms with E-state index in [2.05, 4.69) is 10.3 Å². The van der Waals surface area contributed by atoms with Crippen LogP contribution in [0.25, 0.3) is 5.69 Å². The molecule has 2 aromatic rings. The Labute approximate surface area is 86.5 Å². The molecule has 0 saturated heterocycles. The maximum absolute atomic E-state index is 13.4. The van der Waals surface area contributed by atoms with Crippen LogP contribution in [0.15, 0.2) is 24.3 Å². The first-order valence-electron chi connectivity index (χ1n) is 4.60. The van der Waals surface area contributed by atoms with Crippen molar-refractivity contribution in [2.75, 3.05) is 0 Å². The van der Waals surface area contributed by atoms with E-state index in [0.29, 0.717) is 17.9 Å². The van der Waals surface area contributed by atoms with Gasteiger partial charge in [-0.25, -0.2) is 9.07 Å². The lowest BCUT2D eigenvalue weighted by Crippen LogP contribution is -2.03. The topological polar surface area (TPSA) is 56.7 Å². The van der Waals surface area contributed by atoms with Crippen LogP contribution in [0.4, 0.5) is 4.39 Å². The maximum Gasteiger partial charge on any atom is 0.148 e. The SMILES string of the molecule is Cc1c(CN)nnn1-c1ccccc1F. The molecule has 0 aliphatic heterocycles. The van der Waals surface area contributed by atoms with Crippen molar-refractivity contribution < 1.29 is 4.39 Å². The van der Waals surface area contributed by atoms with Gasteiger partial charge in [0.2, 0.25) is 0 Å². The Balaban J connectivity index is 2.55. The van der Waals surface area contributed by atoms with Crippen LogP contribution in [-0.2, 0) is 6.54 Å². The zero-order chi connectivity index (χ0) is 10.8. The summed E-state index contributed by atoms with van der Waals surface area (Å²) in [6.07, 6.45) is 0. The molecule has 1 aromatic heterocycles. The Morgan fingerprint density at radius 1 is 1.40 bits per heavy atom. The first-order valence-corrected chi connectivity index (χ1v) is 4.60. The van der Waals surface area contributed by atoms with Crippen molar-refractivity contribution in [1.29, 1.82) is 0 Å². The number of hydrogen-bond acceptors (Lipinski definition) is 3. The smallest absolute Gasteiger partial charge is 0.148 e. The summed E-state index contributed by atoms with van der Waals surface area (Å²) in [6, 6.07) is 6.42.